The molecule has 0 aromatic carbocycles. The first-order valence-electron chi connectivity index (χ1n) is 6.77. The van der Waals surface area contributed by atoms with Gasteiger partial charge in [-0.25, -0.2) is 12.7 Å². The summed E-state index contributed by atoms with van der Waals surface area (Å²) < 4.78 is 30.2. The molecule has 1 aliphatic rings. The summed E-state index contributed by atoms with van der Waals surface area (Å²) in [5.74, 6) is 0.654. The topological polar surface area (TPSA) is 78.9 Å². The number of methoxy groups -OCH3 is 1. The first-order valence-corrected chi connectivity index (χ1v) is 8.38. The fourth-order valence-corrected chi connectivity index (χ4v) is 3.64. The zero-order valence-electron chi connectivity index (χ0n) is 11.8. The molecule has 0 amide bonds. The third-order valence-electron chi connectivity index (χ3n) is 3.54. The number of likely N-dealkylation sites (N-methyl/N-ethyl adjacent to an activating group) is 1. The van der Waals surface area contributed by atoms with Crippen LogP contribution in [0.5, 0.6) is 0 Å². The van der Waals surface area contributed by atoms with Crippen molar-refractivity contribution >= 4 is 10.0 Å². The van der Waals surface area contributed by atoms with Crippen LogP contribution in [0.3, 0.4) is 0 Å². The quantitative estimate of drug-likeness (QED) is 0.639. The minimum absolute atomic E-state index is 0.0857. The number of nitrogens with zero attached hydrogens (tertiary/aromatic N) is 1. The van der Waals surface area contributed by atoms with E-state index in [-0.39, 0.29) is 18.9 Å². The second-order valence-corrected chi connectivity index (χ2v) is 7.38. The predicted octanol–water partition coefficient (Wildman–Crippen LogP) is -0.355. The maximum Gasteiger partial charge on any atom is 0.213 e. The molecule has 0 radical (unpaired) electrons. The fraction of sp³-hybridized carbons (Fsp3) is 1.00. The van der Waals surface area contributed by atoms with E-state index in [9.17, 15) is 13.5 Å². The lowest BCUT2D eigenvalue weighted by Crippen LogP contribution is -2.38. The molecule has 6 nitrogen and oxygen atoms in total. The molecular formula is C12H26N2O4S. The Morgan fingerprint density at radius 2 is 2.05 bits per heavy atom. The smallest absolute Gasteiger partial charge is 0.213 e. The SMILES string of the molecule is COCC(O)CN(C)S(=O)(=O)CCC1CCNCC1. The van der Waals surface area contributed by atoms with Gasteiger partial charge in [-0.05, 0) is 38.3 Å². The highest BCUT2D eigenvalue weighted by Crippen LogP contribution is 2.17. The number of ether oxygens (including phenoxy) is 1. The van der Waals surface area contributed by atoms with Gasteiger partial charge in [0.1, 0.15) is 0 Å². The van der Waals surface area contributed by atoms with Gasteiger partial charge < -0.3 is 15.2 Å². The number of nitrogens with one attached hydrogen (secondary N) is 1. The van der Waals surface area contributed by atoms with Gasteiger partial charge in [-0.1, -0.05) is 0 Å². The van der Waals surface area contributed by atoms with Gasteiger partial charge in [0.2, 0.25) is 10.0 Å². The van der Waals surface area contributed by atoms with Crippen LogP contribution >= 0.6 is 0 Å². The van der Waals surface area contributed by atoms with Crippen LogP contribution in [0.4, 0.5) is 0 Å². The summed E-state index contributed by atoms with van der Waals surface area (Å²) in [5, 5.41) is 12.8. The molecule has 2 N–H and O–H groups in total. The van der Waals surface area contributed by atoms with E-state index in [1.165, 1.54) is 18.5 Å². The van der Waals surface area contributed by atoms with Gasteiger partial charge in [-0.3, -0.25) is 0 Å². The first kappa shape index (κ1) is 16.8. The van der Waals surface area contributed by atoms with Crippen LogP contribution in [0.15, 0.2) is 0 Å². The normalized spacial score (nSPS) is 19.8. The van der Waals surface area contributed by atoms with E-state index in [2.05, 4.69) is 5.32 Å². The van der Waals surface area contributed by atoms with E-state index in [1.807, 2.05) is 0 Å². The Labute approximate surface area is 116 Å². The lowest BCUT2D eigenvalue weighted by Gasteiger charge is -2.24. The van der Waals surface area contributed by atoms with Crippen LogP contribution in [0.2, 0.25) is 0 Å². The monoisotopic (exact) mass is 294 g/mol. The van der Waals surface area contributed by atoms with Gasteiger partial charge in [0.25, 0.3) is 0 Å². The molecule has 0 aromatic rings. The summed E-state index contributed by atoms with van der Waals surface area (Å²) >= 11 is 0. The summed E-state index contributed by atoms with van der Waals surface area (Å²) in [4.78, 5) is 0. The van der Waals surface area contributed by atoms with Crippen molar-refractivity contribution in [3.63, 3.8) is 0 Å². The van der Waals surface area contributed by atoms with Gasteiger partial charge in [0, 0.05) is 20.7 Å². The molecule has 0 saturated carbocycles. The van der Waals surface area contributed by atoms with Crippen molar-refractivity contribution in [2.75, 3.05) is 46.2 Å². The molecule has 1 unspecified atom stereocenters. The number of piperidine rings is 1. The summed E-state index contributed by atoms with van der Waals surface area (Å²) in [6.07, 6.45) is 2.02. The van der Waals surface area contributed by atoms with Crippen LogP contribution in [0, 0.1) is 5.92 Å². The van der Waals surface area contributed by atoms with Gasteiger partial charge in [0.15, 0.2) is 0 Å². The van der Waals surface area contributed by atoms with Gasteiger partial charge in [-0.2, -0.15) is 0 Å². The van der Waals surface area contributed by atoms with E-state index in [4.69, 9.17) is 4.74 Å². The summed E-state index contributed by atoms with van der Waals surface area (Å²) in [6.45, 7) is 2.19. The number of aliphatic hydroxyl groups is 1. The van der Waals surface area contributed by atoms with Crippen LogP contribution in [-0.4, -0.2) is 70.1 Å². The second-order valence-electron chi connectivity index (χ2n) is 5.19. The molecule has 1 saturated heterocycles. The van der Waals surface area contributed by atoms with E-state index in [0.717, 1.165) is 25.9 Å². The van der Waals surface area contributed by atoms with Crippen molar-refractivity contribution in [1.29, 1.82) is 0 Å². The van der Waals surface area contributed by atoms with Crippen molar-refractivity contribution in [3.8, 4) is 0 Å². The Bertz CT molecular complexity index is 342. The van der Waals surface area contributed by atoms with Crippen molar-refractivity contribution in [1.82, 2.24) is 9.62 Å². The molecule has 0 spiro atoms. The summed E-state index contributed by atoms with van der Waals surface area (Å²) in [5.41, 5.74) is 0. The molecule has 1 aliphatic heterocycles. The van der Waals surface area contributed by atoms with E-state index in [1.54, 1.807) is 0 Å². The van der Waals surface area contributed by atoms with Crippen LogP contribution in [0.25, 0.3) is 0 Å². The maximum atomic E-state index is 12.1. The fourth-order valence-electron chi connectivity index (χ4n) is 2.30. The molecule has 0 bridgehead atoms. The molecule has 1 atom stereocenters. The zero-order chi connectivity index (χ0) is 14.3. The number of rotatable bonds is 8. The molecule has 1 rings (SSSR count). The highest BCUT2D eigenvalue weighted by molar-refractivity contribution is 7.89. The molecule has 1 fully saturated rings. The molecule has 1 heterocycles. The standard InChI is InChI=1S/C12H26N2O4S/c1-14(9-12(15)10-18-2)19(16,17)8-5-11-3-6-13-7-4-11/h11-13,15H,3-10H2,1-2H3. The van der Waals surface area contributed by atoms with Crippen molar-refractivity contribution in [2.24, 2.45) is 5.92 Å². The minimum Gasteiger partial charge on any atom is -0.389 e. The number of hydrogen-bond acceptors (Lipinski definition) is 5. The Hall–Kier alpha value is -0.210. The Morgan fingerprint density at radius 3 is 2.63 bits per heavy atom. The lowest BCUT2D eigenvalue weighted by atomic mass is 9.96. The van der Waals surface area contributed by atoms with Crippen molar-refractivity contribution < 1.29 is 18.3 Å². The van der Waals surface area contributed by atoms with Crippen LogP contribution in [-0.2, 0) is 14.8 Å². The van der Waals surface area contributed by atoms with Crippen LogP contribution in [0.1, 0.15) is 19.3 Å². The van der Waals surface area contributed by atoms with E-state index >= 15 is 0 Å². The zero-order valence-corrected chi connectivity index (χ0v) is 12.7. The highest BCUT2D eigenvalue weighted by atomic mass is 32.2. The number of sulfonamides is 1. The summed E-state index contributed by atoms with van der Waals surface area (Å²) in [7, 11) is -0.284. The minimum atomic E-state index is -3.28. The lowest BCUT2D eigenvalue weighted by molar-refractivity contribution is 0.0554. The third kappa shape index (κ3) is 6.18. The number of aliphatic hydroxyl groups excluding tert-OH is 1. The van der Waals surface area contributed by atoms with E-state index < -0.39 is 16.1 Å². The van der Waals surface area contributed by atoms with Crippen molar-refractivity contribution in [2.45, 2.75) is 25.4 Å². The molecule has 114 valence electrons. The van der Waals surface area contributed by atoms with Gasteiger partial charge in [0.05, 0.1) is 18.5 Å². The van der Waals surface area contributed by atoms with Gasteiger partial charge >= 0.3 is 0 Å². The Kier molecular flexibility index (Phi) is 7.23. The summed E-state index contributed by atoms with van der Waals surface area (Å²) in [6, 6.07) is 0. The second kappa shape index (κ2) is 8.16. The van der Waals surface area contributed by atoms with E-state index in [0.29, 0.717) is 12.3 Å². The van der Waals surface area contributed by atoms with Crippen LogP contribution < -0.4 is 5.32 Å². The molecule has 7 heteroatoms. The van der Waals surface area contributed by atoms with Gasteiger partial charge in [-0.15, -0.1) is 0 Å². The first-order chi connectivity index (χ1) is 8.95. The molecular weight excluding hydrogens is 268 g/mol. The molecule has 19 heavy (non-hydrogen) atoms. The largest absolute Gasteiger partial charge is 0.389 e. The van der Waals surface area contributed by atoms with Crippen molar-refractivity contribution in [3.05, 3.63) is 0 Å². The third-order valence-corrected chi connectivity index (χ3v) is 5.39. The molecule has 0 aromatic heterocycles. The predicted molar refractivity (Wildman–Crippen MR) is 74.5 cm³/mol. The molecule has 0 aliphatic carbocycles. The maximum absolute atomic E-state index is 12.1. The number of hydrogen-bond donors (Lipinski definition) is 2. The average molecular weight is 294 g/mol. The Balaban J connectivity index is 2.36. The average Bonchev–Trinajstić information content (AvgIpc) is 2.38. The Morgan fingerprint density at radius 1 is 1.42 bits per heavy atom. The highest BCUT2D eigenvalue weighted by Gasteiger charge is 2.23.